The summed E-state index contributed by atoms with van der Waals surface area (Å²) in [4.78, 5) is 0. The zero-order valence-electron chi connectivity index (χ0n) is 9.92. The van der Waals surface area contributed by atoms with E-state index < -0.39 is 18.7 Å². The van der Waals surface area contributed by atoms with Gasteiger partial charge in [-0.1, -0.05) is 0 Å². The molecule has 0 saturated heterocycles. The van der Waals surface area contributed by atoms with Gasteiger partial charge in [-0.3, -0.25) is 0 Å². The standard InChI is InChI=1S/C10H20F3NO3/c1-2-16-5-6-17-8-9(15)7-14-4-3-10(11,12)13/h9,14-15H,2-8H2,1H3. The van der Waals surface area contributed by atoms with Crippen molar-refractivity contribution in [1.29, 1.82) is 0 Å². The van der Waals surface area contributed by atoms with Crippen LogP contribution in [0, 0.1) is 0 Å². The second kappa shape index (κ2) is 9.64. The number of rotatable bonds is 10. The molecule has 0 aromatic carbocycles. The van der Waals surface area contributed by atoms with Gasteiger partial charge in [0.15, 0.2) is 0 Å². The summed E-state index contributed by atoms with van der Waals surface area (Å²) in [5.41, 5.74) is 0. The summed E-state index contributed by atoms with van der Waals surface area (Å²) in [6, 6.07) is 0. The summed E-state index contributed by atoms with van der Waals surface area (Å²) in [6.45, 7) is 3.26. The number of nitrogens with one attached hydrogen (secondary N) is 1. The Kier molecular flexibility index (Phi) is 9.43. The zero-order chi connectivity index (χ0) is 13.1. The lowest BCUT2D eigenvalue weighted by Crippen LogP contribution is -2.32. The predicted molar refractivity (Wildman–Crippen MR) is 56.9 cm³/mol. The Morgan fingerprint density at radius 3 is 2.47 bits per heavy atom. The maximum atomic E-state index is 11.8. The van der Waals surface area contributed by atoms with Gasteiger partial charge in [-0.05, 0) is 6.92 Å². The topological polar surface area (TPSA) is 50.7 Å². The van der Waals surface area contributed by atoms with E-state index in [1.54, 1.807) is 0 Å². The molecule has 104 valence electrons. The first-order valence-electron chi connectivity index (χ1n) is 5.56. The van der Waals surface area contributed by atoms with Gasteiger partial charge in [-0.25, -0.2) is 0 Å². The van der Waals surface area contributed by atoms with E-state index in [2.05, 4.69) is 5.32 Å². The van der Waals surface area contributed by atoms with E-state index in [4.69, 9.17) is 9.47 Å². The van der Waals surface area contributed by atoms with Crippen molar-refractivity contribution in [2.45, 2.75) is 25.6 Å². The summed E-state index contributed by atoms with van der Waals surface area (Å²) in [6.07, 6.45) is -5.86. The van der Waals surface area contributed by atoms with Crippen LogP contribution >= 0.6 is 0 Å². The highest BCUT2D eigenvalue weighted by Gasteiger charge is 2.25. The summed E-state index contributed by atoms with van der Waals surface area (Å²) < 4.78 is 45.3. The molecule has 1 unspecified atom stereocenters. The molecule has 1 atom stereocenters. The number of aliphatic hydroxyl groups excluding tert-OH is 1. The van der Waals surface area contributed by atoms with Crippen molar-refractivity contribution in [3.8, 4) is 0 Å². The van der Waals surface area contributed by atoms with E-state index in [9.17, 15) is 18.3 Å². The van der Waals surface area contributed by atoms with Crippen molar-refractivity contribution in [1.82, 2.24) is 5.32 Å². The number of halogens is 3. The van der Waals surface area contributed by atoms with Gasteiger partial charge in [0.1, 0.15) is 0 Å². The second-order valence-corrected chi connectivity index (χ2v) is 3.49. The van der Waals surface area contributed by atoms with Crippen molar-refractivity contribution < 1.29 is 27.8 Å². The molecule has 7 heteroatoms. The van der Waals surface area contributed by atoms with Crippen molar-refractivity contribution in [3.63, 3.8) is 0 Å². The largest absolute Gasteiger partial charge is 0.390 e. The Morgan fingerprint density at radius 1 is 1.24 bits per heavy atom. The third kappa shape index (κ3) is 13.6. The van der Waals surface area contributed by atoms with Crippen LogP contribution in [0.15, 0.2) is 0 Å². The van der Waals surface area contributed by atoms with E-state index >= 15 is 0 Å². The van der Waals surface area contributed by atoms with E-state index in [-0.39, 0.29) is 19.7 Å². The minimum absolute atomic E-state index is 0.0880. The quantitative estimate of drug-likeness (QED) is 0.573. The zero-order valence-corrected chi connectivity index (χ0v) is 9.92. The number of aliphatic hydroxyl groups is 1. The van der Waals surface area contributed by atoms with Crippen molar-refractivity contribution >= 4 is 0 Å². The first-order chi connectivity index (χ1) is 7.95. The van der Waals surface area contributed by atoms with Crippen LogP contribution in [0.4, 0.5) is 13.2 Å². The highest BCUT2D eigenvalue weighted by Crippen LogP contribution is 2.17. The fraction of sp³-hybridized carbons (Fsp3) is 1.00. The SMILES string of the molecule is CCOCCOCC(O)CNCCC(F)(F)F. The molecule has 0 aliphatic rings. The Bertz CT molecular complexity index is 179. The maximum absolute atomic E-state index is 11.8. The van der Waals surface area contributed by atoms with Crippen LogP contribution in [0.2, 0.25) is 0 Å². The molecule has 4 nitrogen and oxygen atoms in total. The van der Waals surface area contributed by atoms with Crippen LogP contribution in [0.5, 0.6) is 0 Å². The Morgan fingerprint density at radius 2 is 1.88 bits per heavy atom. The van der Waals surface area contributed by atoms with E-state index in [0.29, 0.717) is 19.8 Å². The maximum Gasteiger partial charge on any atom is 0.390 e. The molecule has 0 aliphatic heterocycles. The first-order valence-corrected chi connectivity index (χ1v) is 5.56. The van der Waals surface area contributed by atoms with E-state index in [0.717, 1.165) is 0 Å². The number of hydrogen-bond donors (Lipinski definition) is 2. The number of alkyl halides is 3. The Balaban J connectivity index is 3.26. The lowest BCUT2D eigenvalue weighted by molar-refractivity contribution is -0.133. The minimum atomic E-state index is -4.16. The molecular weight excluding hydrogens is 239 g/mol. The summed E-state index contributed by atoms with van der Waals surface area (Å²) in [7, 11) is 0. The average Bonchev–Trinajstić information content (AvgIpc) is 2.23. The van der Waals surface area contributed by atoms with Crippen molar-refractivity contribution in [2.24, 2.45) is 0 Å². The molecular formula is C10H20F3NO3. The monoisotopic (exact) mass is 259 g/mol. The van der Waals surface area contributed by atoms with Crippen molar-refractivity contribution in [2.75, 3.05) is 39.5 Å². The molecule has 0 heterocycles. The fourth-order valence-electron chi connectivity index (χ4n) is 1.04. The van der Waals surface area contributed by atoms with Gasteiger partial charge < -0.3 is 19.9 Å². The van der Waals surface area contributed by atoms with Crippen LogP contribution in [-0.2, 0) is 9.47 Å². The third-order valence-corrected chi connectivity index (χ3v) is 1.85. The van der Waals surface area contributed by atoms with E-state index in [1.165, 1.54) is 0 Å². The Labute approximate surface area is 99.1 Å². The average molecular weight is 259 g/mol. The number of ether oxygens (including phenoxy) is 2. The summed E-state index contributed by atoms with van der Waals surface area (Å²) >= 11 is 0. The van der Waals surface area contributed by atoms with Gasteiger partial charge in [-0.15, -0.1) is 0 Å². The van der Waals surface area contributed by atoms with Crippen molar-refractivity contribution in [3.05, 3.63) is 0 Å². The van der Waals surface area contributed by atoms with Crippen LogP contribution in [0.3, 0.4) is 0 Å². The van der Waals surface area contributed by atoms with Gasteiger partial charge in [-0.2, -0.15) is 13.2 Å². The lowest BCUT2D eigenvalue weighted by Gasteiger charge is -2.13. The Hall–Kier alpha value is -0.370. The van der Waals surface area contributed by atoms with Gasteiger partial charge >= 0.3 is 6.18 Å². The molecule has 2 N–H and O–H groups in total. The van der Waals surface area contributed by atoms with Crippen LogP contribution in [0.25, 0.3) is 0 Å². The third-order valence-electron chi connectivity index (χ3n) is 1.85. The second-order valence-electron chi connectivity index (χ2n) is 3.49. The van der Waals surface area contributed by atoms with Crippen LogP contribution in [-0.4, -0.2) is 56.9 Å². The lowest BCUT2D eigenvalue weighted by atomic mass is 10.3. The molecule has 0 aromatic rings. The first kappa shape index (κ1) is 16.6. The smallest absolute Gasteiger partial charge is 0.389 e. The van der Waals surface area contributed by atoms with Crippen LogP contribution < -0.4 is 5.32 Å². The molecule has 0 amide bonds. The highest BCUT2D eigenvalue weighted by molar-refractivity contribution is 4.60. The fourth-order valence-corrected chi connectivity index (χ4v) is 1.04. The minimum Gasteiger partial charge on any atom is -0.389 e. The van der Waals surface area contributed by atoms with Gasteiger partial charge in [0, 0.05) is 19.7 Å². The highest BCUT2D eigenvalue weighted by atomic mass is 19.4. The molecule has 0 aliphatic carbocycles. The molecule has 0 saturated carbocycles. The summed E-state index contributed by atoms with van der Waals surface area (Å²) in [5.74, 6) is 0. The molecule has 0 spiro atoms. The normalized spacial score (nSPS) is 13.9. The summed E-state index contributed by atoms with van der Waals surface area (Å²) in [5, 5.41) is 11.8. The van der Waals surface area contributed by atoms with Gasteiger partial charge in [0.05, 0.1) is 32.3 Å². The molecule has 0 fully saturated rings. The van der Waals surface area contributed by atoms with Gasteiger partial charge in [0.2, 0.25) is 0 Å². The molecule has 0 rings (SSSR count). The molecule has 0 radical (unpaired) electrons. The van der Waals surface area contributed by atoms with Gasteiger partial charge in [0.25, 0.3) is 0 Å². The molecule has 0 bridgehead atoms. The molecule has 0 aromatic heterocycles. The number of hydrogen-bond acceptors (Lipinski definition) is 4. The van der Waals surface area contributed by atoms with E-state index in [1.807, 2.05) is 6.92 Å². The van der Waals surface area contributed by atoms with Crippen LogP contribution in [0.1, 0.15) is 13.3 Å². The molecule has 17 heavy (non-hydrogen) atoms. The predicted octanol–water partition coefficient (Wildman–Crippen LogP) is 0.942.